The fraction of sp³-hybridized carbons (Fsp3) is 0.250. The fourth-order valence-corrected chi connectivity index (χ4v) is 8.50. The Kier molecular flexibility index (Phi) is 12.2. The summed E-state index contributed by atoms with van der Waals surface area (Å²) in [6, 6.07) is 28.7. The maximum Gasteiger partial charge on any atom is 0.264 e. The molecule has 0 radical (unpaired) electrons. The van der Waals surface area contributed by atoms with Crippen molar-refractivity contribution in [1.29, 1.82) is 0 Å². The Hall–Kier alpha value is -4.40. The molecule has 4 aromatic rings. The van der Waals surface area contributed by atoms with Crippen LogP contribution in [0.4, 0.5) is 11.4 Å². The maximum atomic E-state index is 13.9. The van der Waals surface area contributed by atoms with Crippen LogP contribution in [0, 0.1) is 13.8 Å². The largest absolute Gasteiger partial charge is 0.266 e. The number of para-hydroxylation sites is 2. The van der Waals surface area contributed by atoms with Gasteiger partial charge in [0.05, 0.1) is 21.2 Å². The molecule has 0 N–H and O–H groups in total. The molecule has 0 aliphatic rings. The van der Waals surface area contributed by atoms with Crippen LogP contribution >= 0.6 is 0 Å². The van der Waals surface area contributed by atoms with Crippen molar-refractivity contribution in [3.8, 4) is 0 Å². The summed E-state index contributed by atoms with van der Waals surface area (Å²) in [5.74, 6) is 0. The summed E-state index contributed by atoms with van der Waals surface area (Å²) in [6.07, 6.45) is 6.63. The van der Waals surface area contributed by atoms with Gasteiger partial charge in [-0.15, -0.1) is 0 Å². The van der Waals surface area contributed by atoms with Crippen molar-refractivity contribution >= 4 is 42.6 Å². The molecule has 0 unspecified atom stereocenters. The van der Waals surface area contributed by atoms with Gasteiger partial charge in [0.1, 0.15) is 0 Å². The molecule has 0 fully saturated rings. The second kappa shape index (κ2) is 16.1. The van der Waals surface area contributed by atoms with Crippen LogP contribution in [0.25, 0.3) is 11.1 Å². The van der Waals surface area contributed by atoms with Crippen molar-refractivity contribution in [1.82, 2.24) is 0 Å². The molecule has 6 nitrogen and oxygen atoms in total. The van der Waals surface area contributed by atoms with Crippen molar-refractivity contribution in [2.75, 3.05) is 21.7 Å². The van der Waals surface area contributed by atoms with Crippen LogP contribution in [0.2, 0.25) is 0 Å². The van der Waals surface area contributed by atoms with Crippen LogP contribution in [-0.4, -0.2) is 29.9 Å². The monoisotopic (exact) mass is 682 g/mol. The Morgan fingerprint density at radius 1 is 0.562 bits per heavy atom. The Bertz CT molecular complexity index is 1830. The van der Waals surface area contributed by atoms with Gasteiger partial charge in [-0.2, -0.15) is 0 Å². The first-order chi connectivity index (χ1) is 22.8. The van der Waals surface area contributed by atoms with Crippen LogP contribution in [0.5, 0.6) is 0 Å². The molecule has 0 atom stereocenters. The van der Waals surface area contributed by atoms with E-state index in [0.717, 1.165) is 33.4 Å². The number of benzene rings is 4. The number of unbranched alkanes of at least 4 members (excludes halogenated alkanes) is 2. The Morgan fingerprint density at radius 3 is 1.23 bits per heavy atom. The first-order valence-electron chi connectivity index (χ1n) is 16.2. The lowest BCUT2D eigenvalue weighted by Crippen LogP contribution is -2.32. The summed E-state index contributed by atoms with van der Waals surface area (Å²) < 4.78 is 58.5. The number of aryl methyl sites for hydroxylation is 2. The fourth-order valence-electron chi connectivity index (χ4n) is 5.46. The van der Waals surface area contributed by atoms with Gasteiger partial charge >= 0.3 is 0 Å². The predicted molar refractivity (Wildman–Crippen MR) is 201 cm³/mol. The van der Waals surface area contributed by atoms with E-state index in [2.05, 4.69) is 13.2 Å². The van der Waals surface area contributed by atoms with Crippen molar-refractivity contribution in [2.24, 2.45) is 0 Å². The normalized spacial score (nSPS) is 11.8. The summed E-state index contributed by atoms with van der Waals surface area (Å²) >= 11 is 0. The lowest BCUT2D eigenvalue weighted by Gasteiger charge is -2.27. The number of allylic oxidation sites excluding steroid dienone is 4. The summed E-state index contributed by atoms with van der Waals surface area (Å²) in [4.78, 5) is 0.497. The second-order valence-corrected chi connectivity index (χ2v) is 15.9. The lowest BCUT2D eigenvalue weighted by molar-refractivity contribution is 0.587. The topological polar surface area (TPSA) is 74.8 Å². The molecule has 0 aromatic heterocycles. The van der Waals surface area contributed by atoms with Crippen LogP contribution in [0.3, 0.4) is 0 Å². The Balaban J connectivity index is 1.46. The lowest BCUT2D eigenvalue weighted by atomic mass is 10.1. The minimum absolute atomic E-state index is 0.249. The Labute approximate surface area is 287 Å². The highest BCUT2D eigenvalue weighted by Gasteiger charge is 2.28. The molecule has 0 aliphatic carbocycles. The summed E-state index contributed by atoms with van der Waals surface area (Å²) in [6.45, 7) is 16.4. The quantitative estimate of drug-likeness (QED) is 0.0872. The molecule has 0 heterocycles. The molecule has 0 aliphatic heterocycles. The first-order valence-corrected chi connectivity index (χ1v) is 19.1. The van der Waals surface area contributed by atoms with E-state index in [9.17, 15) is 16.8 Å². The predicted octanol–water partition coefficient (Wildman–Crippen LogP) is 9.58. The van der Waals surface area contributed by atoms with Gasteiger partial charge < -0.3 is 0 Å². The number of rotatable bonds is 16. The Morgan fingerprint density at radius 2 is 0.896 bits per heavy atom. The van der Waals surface area contributed by atoms with Gasteiger partial charge in [0.15, 0.2) is 0 Å². The zero-order chi connectivity index (χ0) is 34.9. The van der Waals surface area contributed by atoms with Gasteiger partial charge in [-0.05, 0) is 101 Å². The molecule has 4 aromatic carbocycles. The van der Waals surface area contributed by atoms with E-state index in [0.29, 0.717) is 50.1 Å². The van der Waals surface area contributed by atoms with Crippen LogP contribution < -0.4 is 8.61 Å². The first kappa shape index (κ1) is 36.4. The average molecular weight is 683 g/mol. The molecule has 0 bridgehead atoms. The van der Waals surface area contributed by atoms with Crippen molar-refractivity contribution < 1.29 is 16.8 Å². The van der Waals surface area contributed by atoms with Crippen LogP contribution in [-0.2, 0) is 20.0 Å². The van der Waals surface area contributed by atoms with Gasteiger partial charge in [-0.25, -0.2) is 16.8 Å². The summed E-state index contributed by atoms with van der Waals surface area (Å²) in [7, 11) is -7.63. The molecule has 0 amide bonds. The minimum atomic E-state index is -3.81. The highest BCUT2D eigenvalue weighted by molar-refractivity contribution is 7.93. The number of nitrogens with zero attached hydrogens (tertiary/aromatic N) is 2. The molecule has 0 saturated heterocycles. The van der Waals surface area contributed by atoms with E-state index in [1.165, 1.54) is 8.61 Å². The van der Waals surface area contributed by atoms with Gasteiger partial charge in [-0.3, -0.25) is 8.61 Å². The van der Waals surface area contributed by atoms with Gasteiger partial charge in [0.25, 0.3) is 20.0 Å². The minimum Gasteiger partial charge on any atom is -0.266 e. The SMILES string of the molecule is C=C(C)c1ccccc1N(CCC/C=C/CCCN(c1ccccc1C(=C)C)S(=O)(=O)c1ccc(C)cc1)S(=O)(=O)c1ccc(C)cc1. The third-order valence-electron chi connectivity index (χ3n) is 8.11. The smallest absolute Gasteiger partial charge is 0.264 e. The average Bonchev–Trinajstić information content (AvgIpc) is 3.06. The van der Waals surface area contributed by atoms with Crippen LogP contribution in [0.1, 0.15) is 61.8 Å². The van der Waals surface area contributed by atoms with Gasteiger partial charge in [0, 0.05) is 24.2 Å². The van der Waals surface area contributed by atoms with E-state index in [1.54, 1.807) is 24.3 Å². The second-order valence-electron chi connectivity index (χ2n) is 12.1. The third-order valence-corrected chi connectivity index (χ3v) is 11.8. The van der Waals surface area contributed by atoms with Gasteiger partial charge in [0.2, 0.25) is 0 Å². The zero-order valence-corrected chi connectivity index (χ0v) is 30.0. The maximum absolute atomic E-state index is 13.9. The molecule has 0 spiro atoms. The van der Waals surface area contributed by atoms with E-state index < -0.39 is 20.0 Å². The van der Waals surface area contributed by atoms with Crippen molar-refractivity contribution in [3.63, 3.8) is 0 Å². The molecule has 4 rings (SSSR count). The molecule has 0 saturated carbocycles. The molecule has 8 heteroatoms. The summed E-state index contributed by atoms with van der Waals surface area (Å²) in [5.41, 5.74) is 6.37. The van der Waals surface area contributed by atoms with E-state index in [-0.39, 0.29) is 9.79 Å². The number of hydrogen-bond acceptors (Lipinski definition) is 4. The molecular formula is C40H46N2O4S2. The molecule has 48 heavy (non-hydrogen) atoms. The summed E-state index contributed by atoms with van der Waals surface area (Å²) in [5, 5.41) is 0. The molecule has 252 valence electrons. The van der Waals surface area contributed by atoms with E-state index in [1.807, 2.05) is 113 Å². The standard InChI is InChI=1S/C40H46N2O4S2/c1-31(2)37-17-11-13-19-39(37)41(47(43,44)35-25-21-33(5)22-26-35)29-15-9-7-8-10-16-30-42(40-20-14-12-18-38(40)32(3)4)48(45,46)36-27-23-34(6)24-28-36/h7-8,11-14,17-28H,1,3,9-10,15-16,29-30H2,2,4-6H3/b8-7+. The van der Waals surface area contributed by atoms with Crippen molar-refractivity contribution in [2.45, 2.75) is 63.2 Å². The number of anilines is 2. The third kappa shape index (κ3) is 8.74. The van der Waals surface area contributed by atoms with E-state index >= 15 is 0 Å². The highest BCUT2D eigenvalue weighted by Crippen LogP contribution is 2.33. The van der Waals surface area contributed by atoms with Crippen LogP contribution in [0.15, 0.2) is 132 Å². The van der Waals surface area contributed by atoms with Gasteiger partial charge in [-0.1, -0.05) is 97.1 Å². The number of sulfonamides is 2. The number of hydrogen-bond donors (Lipinski definition) is 0. The van der Waals surface area contributed by atoms with Crippen molar-refractivity contribution in [3.05, 3.63) is 145 Å². The highest BCUT2D eigenvalue weighted by atomic mass is 32.2. The van der Waals surface area contributed by atoms with E-state index in [4.69, 9.17) is 0 Å². The molecular weight excluding hydrogens is 637 g/mol. The zero-order valence-electron chi connectivity index (χ0n) is 28.4.